The van der Waals surface area contributed by atoms with Crippen LogP contribution in [0.25, 0.3) is 0 Å². The lowest BCUT2D eigenvalue weighted by Gasteiger charge is -2.18. The first-order chi connectivity index (χ1) is 9.26. The van der Waals surface area contributed by atoms with Crippen LogP contribution in [0.1, 0.15) is 36.8 Å². The number of aryl methyl sites for hydroxylation is 1. The highest BCUT2D eigenvalue weighted by Gasteiger charge is 2.18. The third kappa shape index (κ3) is 3.18. The second-order valence-corrected chi connectivity index (χ2v) is 4.46. The van der Waals surface area contributed by atoms with Crippen LogP contribution in [0, 0.1) is 6.92 Å². The molecule has 0 aliphatic carbocycles. The summed E-state index contributed by atoms with van der Waals surface area (Å²) in [5.74, 6) is 1.86. The molecule has 0 bridgehead atoms. The van der Waals surface area contributed by atoms with Gasteiger partial charge in [0.05, 0.1) is 18.9 Å². The summed E-state index contributed by atoms with van der Waals surface area (Å²) >= 11 is 0. The zero-order valence-corrected chi connectivity index (χ0v) is 11.8. The van der Waals surface area contributed by atoms with Gasteiger partial charge in [0.1, 0.15) is 11.5 Å². The average Bonchev–Trinajstić information content (AvgIpc) is 2.83. The summed E-state index contributed by atoms with van der Waals surface area (Å²) in [6.45, 7) is 7.71. The Morgan fingerprint density at radius 2 is 2.11 bits per heavy atom. The maximum absolute atomic E-state index is 5.63. The van der Waals surface area contributed by atoms with E-state index < -0.39 is 0 Å². The number of hydrogen-bond donors (Lipinski definition) is 1. The highest BCUT2D eigenvalue weighted by atomic mass is 16.5. The van der Waals surface area contributed by atoms with Gasteiger partial charge in [0.2, 0.25) is 0 Å². The van der Waals surface area contributed by atoms with Crippen molar-refractivity contribution in [1.82, 2.24) is 5.32 Å². The smallest absolute Gasteiger partial charge is 0.128 e. The summed E-state index contributed by atoms with van der Waals surface area (Å²) in [5, 5.41) is 3.46. The third-order valence-corrected chi connectivity index (χ3v) is 3.07. The molecule has 0 fully saturated rings. The van der Waals surface area contributed by atoms with E-state index in [1.54, 1.807) is 6.26 Å². The summed E-state index contributed by atoms with van der Waals surface area (Å²) in [4.78, 5) is 0. The van der Waals surface area contributed by atoms with E-state index >= 15 is 0 Å². The maximum Gasteiger partial charge on any atom is 0.128 e. The van der Waals surface area contributed by atoms with Crippen molar-refractivity contribution in [2.24, 2.45) is 0 Å². The van der Waals surface area contributed by atoms with Gasteiger partial charge in [-0.1, -0.05) is 19.1 Å². The van der Waals surface area contributed by atoms with Gasteiger partial charge in [-0.2, -0.15) is 0 Å². The van der Waals surface area contributed by atoms with Crippen LogP contribution in [0.5, 0.6) is 5.75 Å². The van der Waals surface area contributed by atoms with Crippen molar-refractivity contribution in [3.05, 3.63) is 53.5 Å². The molecular formula is C16H21NO2. The molecule has 0 saturated carbocycles. The SMILES string of the molecule is CCNC(c1cccc(OCC)c1)c1occc1C. The summed E-state index contributed by atoms with van der Waals surface area (Å²) in [7, 11) is 0. The normalized spacial score (nSPS) is 12.4. The van der Waals surface area contributed by atoms with Crippen molar-refractivity contribution >= 4 is 0 Å². The van der Waals surface area contributed by atoms with Gasteiger partial charge in [-0.25, -0.2) is 0 Å². The summed E-state index contributed by atoms with van der Waals surface area (Å²) in [6.07, 6.45) is 1.74. The van der Waals surface area contributed by atoms with E-state index in [9.17, 15) is 0 Å². The molecule has 1 atom stereocenters. The number of ether oxygens (including phenoxy) is 1. The minimum atomic E-state index is 0.0698. The molecule has 2 aromatic rings. The van der Waals surface area contributed by atoms with Crippen LogP contribution in [-0.4, -0.2) is 13.2 Å². The highest BCUT2D eigenvalue weighted by Crippen LogP contribution is 2.27. The van der Waals surface area contributed by atoms with Crippen molar-refractivity contribution in [3.63, 3.8) is 0 Å². The molecule has 2 rings (SSSR count). The molecule has 3 nitrogen and oxygen atoms in total. The fourth-order valence-corrected chi connectivity index (χ4v) is 2.20. The highest BCUT2D eigenvalue weighted by molar-refractivity contribution is 5.36. The number of furan rings is 1. The van der Waals surface area contributed by atoms with Gasteiger partial charge in [0.25, 0.3) is 0 Å². The van der Waals surface area contributed by atoms with Gasteiger partial charge in [-0.05, 0) is 49.7 Å². The zero-order chi connectivity index (χ0) is 13.7. The molecule has 1 aromatic carbocycles. The Kier molecular flexibility index (Phi) is 4.63. The third-order valence-electron chi connectivity index (χ3n) is 3.07. The molecule has 0 saturated heterocycles. The molecule has 0 amide bonds. The van der Waals surface area contributed by atoms with Crippen LogP contribution in [0.15, 0.2) is 41.0 Å². The Bertz CT molecular complexity index is 519. The monoisotopic (exact) mass is 259 g/mol. The minimum absolute atomic E-state index is 0.0698. The Hall–Kier alpha value is -1.74. The van der Waals surface area contributed by atoms with Gasteiger partial charge >= 0.3 is 0 Å². The molecule has 1 heterocycles. The van der Waals surface area contributed by atoms with E-state index in [2.05, 4.69) is 31.3 Å². The second-order valence-electron chi connectivity index (χ2n) is 4.46. The van der Waals surface area contributed by atoms with Crippen LogP contribution in [0.2, 0.25) is 0 Å². The van der Waals surface area contributed by atoms with E-state index in [0.717, 1.165) is 29.2 Å². The second kappa shape index (κ2) is 6.43. The Labute approximate surface area is 114 Å². The van der Waals surface area contributed by atoms with Gasteiger partial charge in [0, 0.05) is 0 Å². The molecule has 19 heavy (non-hydrogen) atoms. The van der Waals surface area contributed by atoms with Crippen molar-refractivity contribution in [2.45, 2.75) is 26.8 Å². The van der Waals surface area contributed by atoms with Crippen molar-refractivity contribution in [2.75, 3.05) is 13.2 Å². The predicted molar refractivity (Wildman–Crippen MR) is 76.6 cm³/mol. The summed E-state index contributed by atoms with van der Waals surface area (Å²) < 4.78 is 11.2. The molecule has 3 heteroatoms. The van der Waals surface area contributed by atoms with Crippen LogP contribution < -0.4 is 10.1 Å². The first-order valence-electron chi connectivity index (χ1n) is 6.76. The average molecular weight is 259 g/mol. The number of nitrogens with one attached hydrogen (secondary N) is 1. The first-order valence-corrected chi connectivity index (χ1v) is 6.76. The zero-order valence-electron chi connectivity index (χ0n) is 11.8. The van der Waals surface area contributed by atoms with Crippen LogP contribution in [0.3, 0.4) is 0 Å². The van der Waals surface area contributed by atoms with Crippen molar-refractivity contribution < 1.29 is 9.15 Å². The Balaban J connectivity index is 2.33. The lowest BCUT2D eigenvalue weighted by atomic mass is 10.0. The Morgan fingerprint density at radius 3 is 2.74 bits per heavy atom. The number of hydrogen-bond acceptors (Lipinski definition) is 3. The fourth-order valence-electron chi connectivity index (χ4n) is 2.20. The van der Waals surface area contributed by atoms with Gasteiger partial charge in [-0.3, -0.25) is 0 Å². The van der Waals surface area contributed by atoms with Gasteiger partial charge in [-0.15, -0.1) is 0 Å². The van der Waals surface area contributed by atoms with Crippen LogP contribution >= 0.6 is 0 Å². The quantitative estimate of drug-likeness (QED) is 0.859. The van der Waals surface area contributed by atoms with E-state index in [0.29, 0.717) is 6.61 Å². The van der Waals surface area contributed by atoms with Crippen LogP contribution in [-0.2, 0) is 0 Å². The van der Waals surface area contributed by atoms with E-state index in [4.69, 9.17) is 9.15 Å². The molecule has 1 aromatic heterocycles. The summed E-state index contributed by atoms with van der Waals surface area (Å²) in [5.41, 5.74) is 2.32. The largest absolute Gasteiger partial charge is 0.494 e. The maximum atomic E-state index is 5.63. The first kappa shape index (κ1) is 13.7. The van der Waals surface area contributed by atoms with Crippen LogP contribution in [0.4, 0.5) is 0 Å². The molecule has 1 unspecified atom stereocenters. The van der Waals surface area contributed by atoms with E-state index in [1.807, 2.05) is 25.1 Å². The molecule has 0 radical (unpaired) electrons. The Morgan fingerprint density at radius 1 is 1.26 bits per heavy atom. The minimum Gasteiger partial charge on any atom is -0.494 e. The molecule has 0 aliphatic heterocycles. The molecule has 1 N–H and O–H groups in total. The lowest BCUT2D eigenvalue weighted by Crippen LogP contribution is -2.22. The van der Waals surface area contributed by atoms with E-state index in [1.165, 1.54) is 0 Å². The molecule has 0 spiro atoms. The summed E-state index contributed by atoms with van der Waals surface area (Å²) in [6, 6.07) is 10.2. The van der Waals surface area contributed by atoms with Crippen molar-refractivity contribution in [3.8, 4) is 5.75 Å². The van der Waals surface area contributed by atoms with E-state index in [-0.39, 0.29) is 6.04 Å². The standard InChI is InChI=1S/C16H21NO2/c1-4-17-15(16-12(3)9-10-19-16)13-7-6-8-14(11-13)18-5-2/h6-11,15,17H,4-5H2,1-3H3. The molecule has 0 aliphatic rings. The van der Waals surface area contributed by atoms with Gasteiger partial charge in [0.15, 0.2) is 0 Å². The fraction of sp³-hybridized carbons (Fsp3) is 0.375. The molecule has 102 valence electrons. The predicted octanol–water partition coefficient (Wildman–Crippen LogP) is 3.69. The molecular weight excluding hydrogens is 238 g/mol. The van der Waals surface area contributed by atoms with Gasteiger partial charge < -0.3 is 14.5 Å². The topological polar surface area (TPSA) is 34.4 Å². The van der Waals surface area contributed by atoms with Crippen molar-refractivity contribution in [1.29, 1.82) is 0 Å². The lowest BCUT2D eigenvalue weighted by molar-refractivity contribution is 0.339. The number of rotatable bonds is 6. The number of benzene rings is 1.